The fraction of sp³-hybridized carbons (Fsp3) is 0.0714. The number of para-hydroxylation sites is 1. The molecule has 0 saturated carbocycles. The number of nitrogens with zero attached hydrogens (tertiary/aromatic N) is 1. The van der Waals surface area contributed by atoms with E-state index in [1.165, 1.54) is 0 Å². The van der Waals surface area contributed by atoms with Crippen LogP contribution in [0.4, 0.5) is 11.4 Å². The summed E-state index contributed by atoms with van der Waals surface area (Å²) >= 11 is 0. The molecule has 0 bridgehead atoms. The molecule has 0 radical (unpaired) electrons. The lowest BCUT2D eigenvalue weighted by Gasteiger charge is -1.99. The monoisotopic (exact) mass is 239 g/mol. The topological polar surface area (TPSA) is 78.1 Å². The Balaban J connectivity index is 2.26. The Labute approximate surface area is 104 Å². The summed E-state index contributed by atoms with van der Waals surface area (Å²) in [5.41, 5.74) is 16.3. The zero-order chi connectivity index (χ0) is 12.7. The highest BCUT2D eigenvalue weighted by molar-refractivity contribution is 5.84. The first-order valence-electron chi connectivity index (χ1n) is 5.66. The van der Waals surface area contributed by atoms with Crippen LogP contribution in [0, 0.1) is 6.92 Å². The minimum absolute atomic E-state index is 0.525. The number of benzene rings is 2. The molecular weight excluding hydrogens is 226 g/mol. The van der Waals surface area contributed by atoms with Crippen LogP contribution in [0.3, 0.4) is 0 Å². The van der Waals surface area contributed by atoms with Crippen LogP contribution in [0.5, 0.6) is 0 Å². The third kappa shape index (κ3) is 1.59. The molecule has 0 unspecified atom stereocenters. The van der Waals surface area contributed by atoms with Gasteiger partial charge in [-0.05, 0) is 36.8 Å². The quantitative estimate of drug-likeness (QED) is 0.640. The number of anilines is 2. The van der Waals surface area contributed by atoms with Crippen molar-refractivity contribution < 1.29 is 4.42 Å². The van der Waals surface area contributed by atoms with E-state index in [0.29, 0.717) is 17.3 Å². The van der Waals surface area contributed by atoms with Crippen LogP contribution in [0.2, 0.25) is 0 Å². The van der Waals surface area contributed by atoms with Gasteiger partial charge in [0, 0.05) is 11.4 Å². The molecule has 0 fully saturated rings. The third-order valence-electron chi connectivity index (χ3n) is 2.89. The van der Waals surface area contributed by atoms with E-state index in [0.717, 1.165) is 22.2 Å². The zero-order valence-corrected chi connectivity index (χ0v) is 9.97. The Bertz CT molecular complexity index is 731. The summed E-state index contributed by atoms with van der Waals surface area (Å²) in [6, 6.07) is 11.2. The molecule has 0 aliphatic heterocycles. The number of aromatic nitrogens is 1. The van der Waals surface area contributed by atoms with Crippen LogP contribution in [-0.2, 0) is 0 Å². The fourth-order valence-electron chi connectivity index (χ4n) is 2.03. The smallest absolute Gasteiger partial charge is 0.229 e. The van der Waals surface area contributed by atoms with Gasteiger partial charge in [-0.15, -0.1) is 0 Å². The SMILES string of the molecule is Cc1cc(N)cc2nc(-c3ccccc3N)oc12. The number of oxazole rings is 1. The van der Waals surface area contributed by atoms with Crippen LogP contribution in [-0.4, -0.2) is 4.98 Å². The Morgan fingerprint density at radius 3 is 2.67 bits per heavy atom. The standard InChI is InChI=1S/C14H13N3O/c1-8-6-9(15)7-12-13(8)18-14(17-12)10-4-2-3-5-11(10)16/h2-7H,15-16H2,1H3. The fourth-order valence-corrected chi connectivity index (χ4v) is 2.03. The van der Waals surface area contributed by atoms with Crippen molar-refractivity contribution in [2.24, 2.45) is 0 Å². The van der Waals surface area contributed by atoms with Gasteiger partial charge in [0.25, 0.3) is 0 Å². The van der Waals surface area contributed by atoms with Crippen LogP contribution >= 0.6 is 0 Å². The van der Waals surface area contributed by atoms with Crippen LogP contribution in [0.25, 0.3) is 22.6 Å². The Hall–Kier alpha value is -2.49. The number of nitrogens with two attached hydrogens (primary N) is 2. The van der Waals surface area contributed by atoms with Gasteiger partial charge in [-0.2, -0.15) is 0 Å². The molecule has 2 aromatic carbocycles. The highest BCUT2D eigenvalue weighted by Gasteiger charge is 2.12. The molecule has 0 aliphatic carbocycles. The summed E-state index contributed by atoms with van der Waals surface area (Å²) in [7, 11) is 0. The number of hydrogen-bond acceptors (Lipinski definition) is 4. The maximum absolute atomic E-state index is 5.92. The Kier molecular flexibility index (Phi) is 2.23. The number of fused-ring (bicyclic) bond motifs is 1. The van der Waals surface area contributed by atoms with Crippen LogP contribution in [0.1, 0.15) is 5.56 Å². The highest BCUT2D eigenvalue weighted by atomic mass is 16.3. The molecule has 4 heteroatoms. The predicted octanol–water partition coefficient (Wildman–Crippen LogP) is 2.97. The third-order valence-corrected chi connectivity index (χ3v) is 2.89. The van der Waals surface area contributed by atoms with Crippen molar-refractivity contribution in [3.8, 4) is 11.5 Å². The molecule has 0 saturated heterocycles. The highest BCUT2D eigenvalue weighted by Crippen LogP contribution is 2.30. The van der Waals surface area contributed by atoms with E-state index in [4.69, 9.17) is 15.9 Å². The second kappa shape index (κ2) is 3.77. The van der Waals surface area contributed by atoms with Crippen molar-refractivity contribution in [2.75, 3.05) is 11.5 Å². The van der Waals surface area contributed by atoms with Gasteiger partial charge in [-0.25, -0.2) is 4.98 Å². The van der Waals surface area contributed by atoms with Gasteiger partial charge < -0.3 is 15.9 Å². The summed E-state index contributed by atoms with van der Waals surface area (Å²) in [4.78, 5) is 4.44. The van der Waals surface area contributed by atoms with Crippen molar-refractivity contribution in [2.45, 2.75) is 6.92 Å². The summed E-state index contributed by atoms with van der Waals surface area (Å²) in [6.45, 7) is 1.95. The largest absolute Gasteiger partial charge is 0.436 e. The average molecular weight is 239 g/mol. The maximum atomic E-state index is 5.92. The molecule has 18 heavy (non-hydrogen) atoms. The molecule has 0 spiro atoms. The van der Waals surface area contributed by atoms with Gasteiger partial charge in [0.05, 0.1) is 5.56 Å². The molecular formula is C14H13N3O. The van der Waals surface area contributed by atoms with E-state index in [2.05, 4.69) is 4.98 Å². The van der Waals surface area contributed by atoms with E-state index >= 15 is 0 Å². The first-order valence-corrected chi connectivity index (χ1v) is 5.66. The molecule has 4 nitrogen and oxygen atoms in total. The molecule has 3 aromatic rings. The summed E-state index contributed by atoms with van der Waals surface area (Å²) in [5, 5.41) is 0. The maximum Gasteiger partial charge on any atom is 0.229 e. The second-order valence-electron chi connectivity index (χ2n) is 4.29. The molecule has 1 heterocycles. The minimum atomic E-state index is 0.525. The predicted molar refractivity (Wildman–Crippen MR) is 73.0 cm³/mol. The lowest BCUT2D eigenvalue weighted by Crippen LogP contribution is -1.88. The Morgan fingerprint density at radius 2 is 1.89 bits per heavy atom. The van der Waals surface area contributed by atoms with E-state index < -0.39 is 0 Å². The Morgan fingerprint density at radius 1 is 1.11 bits per heavy atom. The average Bonchev–Trinajstić information content (AvgIpc) is 2.73. The van der Waals surface area contributed by atoms with Gasteiger partial charge in [0.1, 0.15) is 5.52 Å². The normalized spacial score (nSPS) is 10.9. The molecule has 1 aromatic heterocycles. The van der Waals surface area contributed by atoms with Gasteiger partial charge in [-0.3, -0.25) is 0 Å². The van der Waals surface area contributed by atoms with E-state index in [1.807, 2.05) is 37.3 Å². The van der Waals surface area contributed by atoms with Crippen molar-refractivity contribution in [3.63, 3.8) is 0 Å². The summed E-state index contributed by atoms with van der Waals surface area (Å²) in [6.07, 6.45) is 0. The number of aryl methyl sites for hydroxylation is 1. The number of hydrogen-bond donors (Lipinski definition) is 2. The van der Waals surface area contributed by atoms with Crippen molar-refractivity contribution in [3.05, 3.63) is 42.0 Å². The minimum Gasteiger partial charge on any atom is -0.436 e. The van der Waals surface area contributed by atoms with Gasteiger partial charge in [0.15, 0.2) is 5.58 Å². The summed E-state index contributed by atoms with van der Waals surface area (Å²) < 4.78 is 5.77. The summed E-state index contributed by atoms with van der Waals surface area (Å²) in [5.74, 6) is 0.525. The lowest BCUT2D eigenvalue weighted by atomic mass is 10.2. The van der Waals surface area contributed by atoms with Crippen molar-refractivity contribution >= 4 is 22.5 Å². The van der Waals surface area contributed by atoms with Gasteiger partial charge >= 0.3 is 0 Å². The zero-order valence-electron chi connectivity index (χ0n) is 9.97. The second-order valence-corrected chi connectivity index (χ2v) is 4.29. The first-order chi connectivity index (χ1) is 8.65. The van der Waals surface area contributed by atoms with E-state index in [-0.39, 0.29) is 0 Å². The van der Waals surface area contributed by atoms with Crippen molar-refractivity contribution in [1.82, 2.24) is 4.98 Å². The lowest BCUT2D eigenvalue weighted by molar-refractivity contribution is 0.618. The number of nitrogen functional groups attached to an aromatic ring is 2. The molecule has 3 rings (SSSR count). The molecule has 90 valence electrons. The van der Waals surface area contributed by atoms with Gasteiger partial charge in [-0.1, -0.05) is 12.1 Å². The van der Waals surface area contributed by atoms with Gasteiger partial charge in [0.2, 0.25) is 5.89 Å². The molecule has 0 atom stereocenters. The van der Waals surface area contributed by atoms with Crippen LogP contribution in [0.15, 0.2) is 40.8 Å². The molecule has 4 N–H and O–H groups in total. The molecule has 0 aliphatic rings. The van der Waals surface area contributed by atoms with Crippen LogP contribution < -0.4 is 11.5 Å². The first kappa shape index (κ1) is 10.7. The van der Waals surface area contributed by atoms with E-state index in [9.17, 15) is 0 Å². The molecule has 0 amide bonds. The van der Waals surface area contributed by atoms with E-state index in [1.54, 1.807) is 6.07 Å². The van der Waals surface area contributed by atoms with Crippen molar-refractivity contribution in [1.29, 1.82) is 0 Å². The number of rotatable bonds is 1.